The highest BCUT2D eigenvalue weighted by atomic mass is 16.5. The number of phenols is 1. The largest absolute Gasteiger partial charge is 0.504 e. The summed E-state index contributed by atoms with van der Waals surface area (Å²) in [5.41, 5.74) is 3.68. The van der Waals surface area contributed by atoms with E-state index in [1.54, 1.807) is 30.7 Å². The van der Waals surface area contributed by atoms with Crippen LogP contribution in [0.2, 0.25) is 0 Å². The zero-order chi connectivity index (χ0) is 19.5. The number of pyridine rings is 2. The van der Waals surface area contributed by atoms with E-state index < -0.39 is 0 Å². The number of hydrogen-bond donors (Lipinski definition) is 1. The molecule has 4 rings (SSSR count). The lowest BCUT2D eigenvalue weighted by molar-refractivity contribution is 0.312. The second kappa shape index (κ2) is 7.45. The Hall–Kier alpha value is -3.79. The molecule has 1 aliphatic rings. The molecule has 0 radical (unpaired) electrons. The quantitative estimate of drug-likeness (QED) is 0.753. The summed E-state index contributed by atoms with van der Waals surface area (Å²) in [6.45, 7) is 1.40. The molecular weight excluding hydrogens is 356 g/mol. The number of methoxy groups -OCH3 is 1. The maximum atomic E-state index is 10.5. The minimum absolute atomic E-state index is 0.0889. The predicted octanol–water partition coefficient (Wildman–Crippen LogP) is 3.13. The molecule has 0 saturated carbocycles. The van der Waals surface area contributed by atoms with Crippen molar-refractivity contribution in [3.05, 3.63) is 60.0 Å². The van der Waals surface area contributed by atoms with E-state index in [0.29, 0.717) is 31.0 Å². The van der Waals surface area contributed by atoms with Gasteiger partial charge in [0.25, 0.3) is 0 Å². The van der Waals surface area contributed by atoms with Crippen LogP contribution in [0.4, 0.5) is 5.69 Å². The Balaban J connectivity index is 1.77. The molecule has 140 valence electrons. The summed E-state index contributed by atoms with van der Waals surface area (Å²) < 4.78 is 11.0. The predicted molar refractivity (Wildman–Crippen MR) is 103 cm³/mol. The van der Waals surface area contributed by atoms with Gasteiger partial charge in [-0.25, -0.2) is 4.98 Å². The number of rotatable bonds is 3. The lowest BCUT2D eigenvalue weighted by Crippen LogP contribution is -2.26. The smallest absolute Gasteiger partial charge is 0.233 e. The van der Waals surface area contributed by atoms with E-state index in [0.717, 1.165) is 22.4 Å². The average Bonchev–Trinajstić information content (AvgIpc) is 2.96. The molecule has 7 heteroatoms. The molecule has 1 N–H and O–H groups in total. The summed E-state index contributed by atoms with van der Waals surface area (Å²) in [6.07, 6.45) is 5.07. The first-order valence-corrected chi connectivity index (χ1v) is 8.78. The number of fused-ring (bicyclic) bond motifs is 1. The fourth-order valence-electron chi connectivity index (χ4n) is 3.36. The molecule has 0 aliphatic carbocycles. The molecule has 0 spiro atoms. The number of ether oxygens (including phenoxy) is 2. The van der Waals surface area contributed by atoms with Crippen molar-refractivity contribution in [3.63, 3.8) is 0 Å². The molecule has 0 amide bonds. The van der Waals surface area contributed by atoms with Crippen molar-refractivity contribution in [2.45, 2.75) is 6.54 Å². The molecule has 3 heterocycles. The third-order valence-corrected chi connectivity index (χ3v) is 4.65. The van der Waals surface area contributed by atoms with E-state index in [1.165, 1.54) is 7.11 Å². The molecule has 0 fully saturated rings. The highest BCUT2D eigenvalue weighted by Gasteiger charge is 2.23. The molecule has 0 unspecified atom stereocenters. The summed E-state index contributed by atoms with van der Waals surface area (Å²) in [7, 11) is 1.49. The minimum Gasteiger partial charge on any atom is -0.504 e. The number of anilines is 1. The van der Waals surface area contributed by atoms with Crippen LogP contribution in [-0.2, 0) is 6.54 Å². The van der Waals surface area contributed by atoms with Gasteiger partial charge in [-0.15, -0.1) is 0 Å². The Morgan fingerprint density at radius 1 is 1.25 bits per heavy atom. The van der Waals surface area contributed by atoms with Gasteiger partial charge in [-0.2, -0.15) is 5.26 Å². The van der Waals surface area contributed by atoms with Crippen LogP contribution >= 0.6 is 0 Å². The number of phenolic OH excluding ortho intramolecular Hbond substituents is 1. The normalized spacial score (nSPS) is 13.1. The number of aromatic hydroxyl groups is 1. The molecular formula is C21H18N4O3. The number of aromatic nitrogens is 2. The zero-order valence-corrected chi connectivity index (χ0v) is 15.3. The first kappa shape index (κ1) is 17.6. The zero-order valence-electron chi connectivity index (χ0n) is 15.3. The van der Waals surface area contributed by atoms with E-state index in [4.69, 9.17) is 9.47 Å². The molecule has 0 atom stereocenters. The Bertz CT molecular complexity index is 1050. The summed E-state index contributed by atoms with van der Waals surface area (Å²) in [6, 6.07) is 11.4. The second-order valence-corrected chi connectivity index (χ2v) is 6.32. The van der Waals surface area contributed by atoms with Crippen LogP contribution in [0.3, 0.4) is 0 Å². The van der Waals surface area contributed by atoms with E-state index in [9.17, 15) is 10.4 Å². The molecule has 2 aromatic heterocycles. The van der Waals surface area contributed by atoms with Crippen molar-refractivity contribution in [2.75, 3.05) is 25.2 Å². The molecule has 1 aromatic carbocycles. The van der Waals surface area contributed by atoms with Crippen LogP contribution in [-0.4, -0.2) is 35.3 Å². The standard InChI is InChI=1S/C21H18N4O3/c1-27-21-17(11-22)18(4-6-24-21)25-7-8-28-20-16(13-25)9-15(10-19(20)26)14-3-2-5-23-12-14/h2-6,9-10,12,26H,7-8,13H2,1H3. The van der Waals surface area contributed by atoms with Gasteiger partial charge < -0.3 is 19.5 Å². The van der Waals surface area contributed by atoms with Gasteiger partial charge in [-0.1, -0.05) is 6.07 Å². The third kappa shape index (κ3) is 3.16. The van der Waals surface area contributed by atoms with Gasteiger partial charge in [0.15, 0.2) is 11.5 Å². The van der Waals surface area contributed by atoms with Crippen LogP contribution in [0.15, 0.2) is 48.9 Å². The van der Waals surface area contributed by atoms with Gasteiger partial charge in [0.1, 0.15) is 18.2 Å². The van der Waals surface area contributed by atoms with Crippen molar-refractivity contribution < 1.29 is 14.6 Å². The molecule has 28 heavy (non-hydrogen) atoms. The van der Waals surface area contributed by atoms with Gasteiger partial charge >= 0.3 is 0 Å². The number of nitriles is 1. The Morgan fingerprint density at radius 2 is 2.14 bits per heavy atom. The highest BCUT2D eigenvalue weighted by Crippen LogP contribution is 2.39. The number of hydrogen-bond acceptors (Lipinski definition) is 7. The number of benzene rings is 1. The first-order chi connectivity index (χ1) is 13.7. The van der Waals surface area contributed by atoms with E-state index in [-0.39, 0.29) is 11.6 Å². The summed E-state index contributed by atoms with van der Waals surface area (Å²) in [5.74, 6) is 0.845. The van der Waals surface area contributed by atoms with Gasteiger partial charge in [0.05, 0.1) is 19.3 Å². The minimum atomic E-state index is 0.0889. The lowest BCUT2D eigenvalue weighted by atomic mass is 10.0. The Kier molecular flexibility index (Phi) is 4.68. The van der Waals surface area contributed by atoms with E-state index in [2.05, 4.69) is 16.0 Å². The van der Waals surface area contributed by atoms with Crippen LogP contribution in [0.25, 0.3) is 11.1 Å². The first-order valence-electron chi connectivity index (χ1n) is 8.78. The fourth-order valence-corrected chi connectivity index (χ4v) is 3.36. The Labute approximate surface area is 162 Å². The number of nitrogens with zero attached hydrogens (tertiary/aromatic N) is 4. The summed E-state index contributed by atoms with van der Waals surface area (Å²) >= 11 is 0. The maximum absolute atomic E-state index is 10.5. The Morgan fingerprint density at radius 3 is 2.89 bits per heavy atom. The molecule has 7 nitrogen and oxygen atoms in total. The van der Waals surface area contributed by atoms with Gasteiger partial charge in [0, 0.05) is 36.3 Å². The van der Waals surface area contributed by atoms with Crippen LogP contribution in [0, 0.1) is 11.3 Å². The van der Waals surface area contributed by atoms with Crippen molar-refractivity contribution in [2.24, 2.45) is 0 Å². The lowest BCUT2D eigenvalue weighted by Gasteiger charge is -2.23. The van der Waals surface area contributed by atoms with Crippen LogP contribution < -0.4 is 14.4 Å². The van der Waals surface area contributed by atoms with Crippen LogP contribution in [0.5, 0.6) is 17.4 Å². The van der Waals surface area contributed by atoms with Crippen molar-refractivity contribution in [3.8, 4) is 34.6 Å². The summed E-state index contributed by atoms with van der Waals surface area (Å²) in [5, 5.41) is 20.1. The third-order valence-electron chi connectivity index (χ3n) is 4.65. The van der Waals surface area contributed by atoms with Gasteiger partial charge in [-0.3, -0.25) is 4.98 Å². The fraction of sp³-hybridized carbons (Fsp3) is 0.190. The van der Waals surface area contributed by atoms with Crippen LogP contribution in [0.1, 0.15) is 11.1 Å². The molecule has 1 aliphatic heterocycles. The van der Waals surface area contributed by atoms with E-state index in [1.807, 2.05) is 23.1 Å². The molecule has 0 bridgehead atoms. The van der Waals surface area contributed by atoms with Gasteiger partial charge in [0.2, 0.25) is 5.88 Å². The topological polar surface area (TPSA) is 91.5 Å². The maximum Gasteiger partial charge on any atom is 0.233 e. The molecule has 3 aromatic rings. The SMILES string of the molecule is COc1nccc(N2CCOc3c(O)cc(-c4cccnc4)cc3C2)c1C#N. The summed E-state index contributed by atoms with van der Waals surface area (Å²) in [4.78, 5) is 10.3. The van der Waals surface area contributed by atoms with Crippen molar-refractivity contribution in [1.82, 2.24) is 9.97 Å². The average molecular weight is 374 g/mol. The molecule has 0 saturated heterocycles. The van der Waals surface area contributed by atoms with Gasteiger partial charge in [-0.05, 0) is 29.8 Å². The van der Waals surface area contributed by atoms with Crippen molar-refractivity contribution in [1.29, 1.82) is 5.26 Å². The van der Waals surface area contributed by atoms with Crippen molar-refractivity contribution >= 4 is 5.69 Å². The second-order valence-electron chi connectivity index (χ2n) is 6.32. The highest BCUT2D eigenvalue weighted by molar-refractivity contribution is 5.70. The monoisotopic (exact) mass is 374 g/mol. The van der Waals surface area contributed by atoms with E-state index >= 15 is 0 Å².